The first-order valence-corrected chi connectivity index (χ1v) is 11.9. The summed E-state index contributed by atoms with van der Waals surface area (Å²) in [6.45, 7) is 4.77. The third-order valence-electron chi connectivity index (χ3n) is 6.38. The molecule has 37 heavy (non-hydrogen) atoms. The highest BCUT2D eigenvalue weighted by atomic mass is 16.6. The van der Waals surface area contributed by atoms with Crippen molar-refractivity contribution in [1.29, 1.82) is 0 Å². The van der Waals surface area contributed by atoms with Crippen LogP contribution >= 0.6 is 0 Å². The van der Waals surface area contributed by atoms with Crippen molar-refractivity contribution in [2.24, 2.45) is 0 Å². The predicted octanol–water partition coefficient (Wildman–Crippen LogP) is 2.25. The minimum atomic E-state index is -1.31. The highest BCUT2D eigenvalue weighted by Gasteiger charge is 2.39. The molecular formula is C26H26N2O9. The fourth-order valence-electron chi connectivity index (χ4n) is 4.48. The number of carbonyl (C=O) groups is 6. The lowest BCUT2D eigenvalue weighted by Gasteiger charge is -2.31. The number of rotatable bonds is 10. The minimum Gasteiger partial charge on any atom is -0.479 e. The van der Waals surface area contributed by atoms with Gasteiger partial charge in [0.2, 0.25) is 0 Å². The molecule has 0 saturated carbocycles. The van der Waals surface area contributed by atoms with Crippen molar-refractivity contribution >= 4 is 46.3 Å². The number of imide groups is 2. The van der Waals surface area contributed by atoms with Gasteiger partial charge >= 0.3 is 11.9 Å². The highest BCUT2D eigenvalue weighted by Crippen LogP contribution is 2.37. The number of hydrogen-bond donors (Lipinski definition) is 1. The molecule has 194 valence electrons. The molecule has 0 aliphatic carbocycles. The van der Waals surface area contributed by atoms with E-state index in [1.165, 1.54) is 43.0 Å². The Morgan fingerprint density at radius 1 is 0.784 bits per heavy atom. The Bertz CT molecular complexity index is 1280. The zero-order valence-corrected chi connectivity index (χ0v) is 20.6. The van der Waals surface area contributed by atoms with Gasteiger partial charge in [0.1, 0.15) is 0 Å². The molecule has 4 rings (SSSR count). The topological polar surface area (TPSA) is 148 Å². The Labute approximate surface area is 211 Å². The molecule has 2 aromatic carbocycles. The molecule has 0 aromatic heterocycles. The molecule has 2 aromatic rings. The molecule has 0 saturated heterocycles. The Morgan fingerprint density at radius 3 is 1.62 bits per heavy atom. The molecule has 0 unspecified atom stereocenters. The number of hydrogen-bond acceptors (Lipinski definition) is 8. The molecule has 11 nitrogen and oxygen atoms in total. The maximum atomic E-state index is 13.2. The number of benzene rings is 2. The van der Waals surface area contributed by atoms with Crippen molar-refractivity contribution in [2.75, 3.05) is 19.7 Å². The van der Waals surface area contributed by atoms with Gasteiger partial charge in [0.25, 0.3) is 23.6 Å². The van der Waals surface area contributed by atoms with E-state index in [0.29, 0.717) is 17.2 Å². The number of esters is 1. The second kappa shape index (κ2) is 10.1. The normalized spacial score (nSPS) is 16.3. The Balaban J connectivity index is 1.50. The molecule has 0 spiro atoms. The van der Waals surface area contributed by atoms with Gasteiger partial charge in [0.15, 0.2) is 12.2 Å². The van der Waals surface area contributed by atoms with Crippen LogP contribution in [0.1, 0.15) is 75.0 Å². The first kappa shape index (κ1) is 26.0. The van der Waals surface area contributed by atoms with Crippen LogP contribution in [0.25, 0.3) is 10.8 Å². The lowest BCUT2D eigenvalue weighted by Crippen LogP contribution is -2.43. The summed E-state index contributed by atoms with van der Waals surface area (Å²) >= 11 is 0. The van der Waals surface area contributed by atoms with E-state index in [-0.39, 0.29) is 48.4 Å². The number of carbonyl (C=O) groups excluding carboxylic acids is 5. The number of nitrogens with zero attached hydrogens (tertiary/aromatic N) is 2. The van der Waals surface area contributed by atoms with E-state index in [9.17, 15) is 28.8 Å². The average molecular weight is 510 g/mol. The standard InChI is InChI=1S/C26H26N2O9/c1-4-10-27-21(29)15-6-8-17-20-18(9-7-16(19(15)20)22(27)30)24(32)28(23(17)31)11-5-12-36-14(3)26(35)37-13(2)25(33)34/h6-9,13-14H,4-5,10-12H2,1-3H3,(H,33,34)/t13-,14-/m0/s1. The third-order valence-corrected chi connectivity index (χ3v) is 6.38. The van der Waals surface area contributed by atoms with Gasteiger partial charge in [0.05, 0.1) is 0 Å². The predicted molar refractivity (Wildman–Crippen MR) is 128 cm³/mol. The van der Waals surface area contributed by atoms with Crippen LogP contribution in [0.3, 0.4) is 0 Å². The van der Waals surface area contributed by atoms with Crippen LogP contribution < -0.4 is 0 Å². The molecule has 2 aliphatic heterocycles. The lowest BCUT2D eigenvalue weighted by molar-refractivity contribution is -0.170. The fraction of sp³-hybridized carbons (Fsp3) is 0.385. The smallest absolute Gasteiger partial charge is 0.344 e. The molecule has 1 N–H and O–H groups in total. The largest absolute Gasteiger partial charge is 0.479 e. The zero-order valence-electron chi connectivity index (χ0n) is 20.6. The summed E-state index contributed by atoms with van der Waals surface area (Å²) in [6, 6.07) is 6.04. The van der Waals surface area contributed by atoms with Crippen LogP contribution in [-0.2, 0) is 19.1 Å². The number of carboxylic acid groups (broad SMARTS) is 1. The van der Waals surface area contributed by atoms with Gasteiger partial charge in [-0.05, 0) is 51.0 Å². The van der Waals surface area contributed by atoms with Crippen LogP contribution in [0.4, 0.5) is 0 Å². The van der Waals surface area contributed by atoms with E-state index in [2.05, 4.69) is 0 Å². The number of amides is 4. The Hall–Kier alpha value is -4.12. The quantitative estimate of drug-likeness (QED) is 0.289. The number of ether oxygens (including phenoxy) is 2. The van der Waals surface area contributed by atoms with E-state index in [1.807, 2.05) is 6.92 Å². The van der Waals surface area contributed by atoms with Crippen LogP contribution in [0.5, 0.6) is 0 Å². The zero-order chi connectivity index (χ0) is 27.0. The lowest BCUT2D eigenvalue weighted by atomic mass is 9.86. The summed E-state index contributed by atoms with van der Waals surface area (Å²) in [5.74, 6) is -4.13. The summed E-state index contributed by atoms with van der Waals surface area (Å²) in [5, 5.41) is 9.46. The molecule has 0 bridgehead atoms. The van der Waals surface area contributed by atoms with Gasteiger partial charge in [-0.1, -0.05) is 6.92 Å². The Morgan fingerprint density at radius 2 is 1.22 bits per heavy atom. The third kappa shape index (κ3) is 4.46. The maximum Gasteiger partial charge on any atom is 0.344 e. The van der Waals surface area contributed by atoms with Crippen LogP contribution in [0.2, 0.25) is 0 Å². The van der Waals surface area contributed by atoms with Gasteiger partial charge in [-0.2, -0.15) is 0 Å². The highest BCUT2D eigenvalue weighted by molar-refractivity contribution is 6.33. The van der Waals surface area contributed by atoms with Gasteiger partial charge in [-0.15, -0.1) is 0 Å². The van der Waals surface area contributed by atoms with Crippen molar-refractivity contribution in [3.63, 3.8) is 0 Å². The SMILES string of the molecule is CCCN1C(=O)c2ccc3c4c(ccc(c24)C1=O)C(=O)N(CCCO[C@@H](C)C(=O)O[C@@H](C)C(=O)O)C3=O. The van der Waals surface area contributed by atoms with E-state index in [4.69, 9.17) is 14.6 Å². The van der Waals surface area contributed by atoms with Crippen LogP contribution in [-0.4, -0.2) is 82.4 Å². The van der Waals surface area contributed by atoms with Crippen LogP contribution in [0.15, 0.2) is 24.3 Å². The molecule has 0 fully saturated rings. The van der Waals surface area contributed by atoms with Gasteiger partial charge in [-0.3, -0.25) is 29.0 Å². The summed E-state index contributed by atoms with van der Waals surface area (Å²) in [4.78, 5) is 77.4. The van der Waals surface area contributed by atoms with Crippen molar-refractivity contribution in [3.8, 4) is 0 Å². The van der Waals surface area contributed by atoms with E-state index < -0.39 is 47.8 Å². The molecule has 11 heteroatoms. The summed E-state index contributed by atoms with van der Waals surface area (Å²) in [5.41, 5.74) is 1.01. The van der Waals surface area contributed by atoms with Crippen molar-refractivity contribution in [1.82, 2.24) is 9.80 Å². The molecule has 4 amide bonds. The van der Waals surface area contributed by atoms with Crippen molar-refractivity contribution < 1.29 is 43.3 Å². The maximum absolute atomic E-state index is 13.2. The van der Waals surface area contributed by atoms with Crippen LogP contribution in [0, 0.1) is 0 Å². The monoisotopic (exact) mass is 510 g/mol. The average Bonchev–Trinajstić information content (AvgIpc) is 2.87. The molecule has 2 heterocycles. The molecule has 0 radical (unpaired) electrons. The summed E-state index contributed by atoms with van der Waals surface area (Å²) in [6.07, 6.45) is -1.54. The minimum absolute atomic E-state index is 0.00244. The fourth-order valence-corrected chi connectivity index (χ4v) is 4.48. The molecule has 2 atom stereocenters. The van der Waals surface area contributed by atoms with E-state index >= 15 is 0 Å². The van der Waals surface area contributed by atoms with Gasteiger partial charge < -0.3 is 14.6 Å². The summed E-state index contributed by atoms with van der Waals surface area (Å²) < 4.78 is 10.1. The Kier molecular flexibility index (Phi) is 7.08. The summed E-state index contributed by atoms with van der Waals surface area (Å²) in [7, 11) is 0. The van der Waals surface area contributed by atoms with E-state index in [0.717, 1.165) is 4.90 Å². The van der Waals surface area contributed by atoms with Gasteiger partial charge in [0, 0.05) is 52.7 Å². The second-order valence-electron chi connectivity index (χ2n) is 8.88. The second-order valence-corrected chi connectivity index (χ2v) is 8.88. The number of carboxylic acids is 1. The van der Waals surface area contributed by atoms with Crippen molar-refractivity contribution in [3.05, 3.63) is 46.5 Å². The van der Waals surface area contributed by atoms with Gasteiger partial charge in [-0.25, -0.2) is 9.59 Å². The molecule has 2 aliphatic rings. The van der Waals surface area contributed by atoms with E-state index in [1.54, 1.807) is 0 Å². The molecular weight excluding hydrogens is 484 g/mol. The first-order chi connectivity index (χ1) is 17.6. The number of aliphatic carboxylic acids is 1. The van der Waals surface area contributed by atoms with Crippen molar-refractivity contribution in [2.45, 2.75) is 45.8 Å². The first-order valence-electron chi connectivity index (χ1n) is 11.9.